The molecule has 0 radical (unpaired) electrons. The Morgan fingerprint density at radius 2 is 2.17 bits per heavy atom. The van der Waals surface area contributed by atoms with Crippen molar-refractivity contribution in [2.45, 2.75) is 45.1 Å². The molecule has 0 aromatic heterocycles. The summed E-state index contributed by atoms with van der Waals surface area (Å²) in [4.78, 5) is 16.4. The number of hydrogen-bond donors (Lipinski definition) is 1. The number of aliphatic hydroxyl groups excluding tert-OH is 1. The van der Waals surface area contributed by atoms with Crippen LogP contribution in [0, 0.1) is 5.92 Å². The molecule has 2 fully saturated rings. The highest BCUT2D eigenvalue weighted by Crippen LogP contribution is 2.24. The van der Waals surface area contributed by atoms with Crippen molar-refractivity contribution in [1.29, 1.82) is 0 Å². The first-order valence-electron chi connectivity index (χ1n) is 7.37. The number of carbonyl (C=O) groups is 1. The Hall–Kier alpha value is -0.610. The summed E-state index contributed by atoms with van der Waals surface area (Å²) >= 11 is 0. The summed E-state index contributed by atoms with van der Waals surface area (Å²) in [5.41, 5.74) is 0. The average molecular weight is 254 g/mol. The van der Waals surface area contributed by atoms with Crippen LogP contribution in [0.3, 0.4) is 0 Å². The van der Waals surface area contributed by atoms with E-state index in [4.69, 9.17) is 5.11 Å². The zero-order chi connectivity index (χ0) is 13.0. The van der Waals surface area contributed by atoms with E-state index in [-0.39, 0.29) is 18.4 Å². The van der Waals surface area contributed by atoms with Crippen LogP contribution in [-0.2, 0) is 4.79 Å². The van der Waals surface area contributed by atoms with E-state index in [2.05, 4.69) is 11.8 Å². The molecule has 2 saturated heterocycles. The van der Waals surface area contributed by atoms with E-state index in [1.54, 1.807) is 0 Å². The maximum Gasteiger partial charge on any atom is 0.223 e. The van der Waals surface area contributed by atoms with Crippen molar-refractivity contribution in [2.24, 2.45) is 5.92 Å². The zero-order valence-electron chi connectivity index (χ0n) is 11.5. The predicted molar refractivity (Wildman–Crippen MR) is 71.3 cm³/mol. The van der Waals surface area contributed by atoms with Crippen LogP contribution < -0.4 is 0 Å². The molecule has 0 aliphatic carbocycles. The first kappa shape index (κ1) is 13.8. The van der Waals surface area contributed by atoms with Gasteiger partial charge >= 0.3 is 0 Å². The molecule has 0 aromatic carbocycles. The standard InChI is InChI=1S/C14H26N2O2/c1-2-3-4-6-15-7-5-13(10-15)16-9-12(11-17)8-14(16)18/h12-13,17H,2-11H2,1H3. The van der Waals surface area contributed by atoms with Gasteiger partial charge in [-0.3, -0.25) is 4.79 Å². The van der Waals surface area contributed by atoms with Gasteiger partial charge < -0.3 is 14.9 Å². The lowest BCUT2D eigenvalue weighted by molar-refractivity contribution is -0.129. The topological polar surface area (TPSA) is 43.8 Å². The van der Waals surface area contributed by atoms with Crippen LogP contribution in [0.1, 0.15) is 39.0 Å². The second kappa shape index (κ2) is 6.53. The molecule has 1 N–H and O–H groups in total. The van der Waals surface area contributed by atoms with Gasteiger partial charge in [-0.05, 0) is 19.4 Å². The van der Waals surface area contributed by atoms with E-state index in [0.29, 0.717) is 12.5 Å². The van der Waals surface area contributed by atoms with E-state index >= 15 is 0 Å². The Bertz CT molecular complexity index is 283. The number of aliphatic hydroxyl groups is 1. The number of rotatable bonds is 6. The van der Waals surface area contributed by atoms with Gasteiger partial charge in [0.15, 0.2) is 0 Å². The lowest BCUT2D eigenvalue weighted by atomic mass is 10.1. The minimum atomic E-state index is 0.148. The van der Waals surface area contributed by atoms with Gasteiger partial charge in [0.2, 0.25) is 5.91 Å². The zero-order valence-corrected chi connectivity index (χ0v) is 11.5. The van der Waals surface area contributed by atoms with E-state index in [1.165, 1.54) is 25.8 Å². The van der Waals surface area contributed by atoms with E-state index in [0.717, 1.165) is 26.1 Å². The summed E-state index contributed by atoms with van der Waals surface area (Å²) in [5.74, 6) is 0.418. The minimum absolute atomic E-state index is 0.148. The molecule has 2 heterocycles. The normalized spacial score (nSPS) is 29.4. The summed E-state index contributed by atoms with van der Waals surface area (Å²) in [6.45, 7) is 6.48. The predicted octanol–water partition coefficient (Wildman–Crippen LogP) is 1.09. The number of amides is 1. The number of likely N-dealkylation sites (tertiary alicyclic amines) is 2. The highest BCUT2D eigenvalue weighted by molar-refractivity contribution is 5.79. The molecule has 2 atom stereocenters. The minimum Gasteiger partial charge on any atom is -0.396 e. The fraction of sp³-hybridized carbons (Fsp3) is 0.929. The fourth-order valence-electron chi connectivity index (χ4n) is 3.14. The van der Waals surface area contributed by atoms with Gasteiger partial charge in [0.05, 0.1) is 0 Å². The second-order valence-electron chi connectivity index (χ2n) is 5.75. The van der Waals surface area contributed by atoms with Crippen LogP contribution in [-0.4, -0.2) is 59.6 Å². The van der Waals surface area contributed by atoms with Gasteiger partial charge in [-0.2, -0.15) is 0 Å². The smallest absolute Gasteiger partial charge is 0.223 e. The Morgan fingerprint density at radius 1 is 1.33 bits per heavy atom. The lowest BCUT2D eigenvalue weighted by Gasteiger charge is -2.24. The monoisotopic (exact) mass is 254 g/mol. The third-order valence-electron chi connectivity index (χ3n) is 4.26. The highest BCUT2D eigenvalue weighted by Gasteiger charge is 2.36. The van der Waals surface area contributed by atoms with Gasteiger partial charge in [-0.25, -0.2) is 0 Å². The Morgan fingerprint density at radius 3 is 2.83 bits per heavy atom. The second-order valence-corrected chi connectivity index (χ2v) is 5.75. The maximum atomic E-state index is 11.9. The van der Waals surface area contributed by atoms with Crippen molar-refractivity contribution in [3.63, 3.8) is 0 Å². The molecule has 4 nitrogen and oxygen atoms in total. The lowest BCUT2D eigenvalue weighted by Crippen LogP contribution is -2.39. The third-order valence-corrected chi connectivity index (χ3v) is 4.26. The molecular weight excluding hydrogens is 228 g/mol. The van der Waals surface area contributed by atoms with Crippen LogP contribution in [0.5, 0.6) is 0 Å². The van der Waals surface area contributed by atoms with E-state index in [1.807, 2.05) is 4.90 Å². The molecule has 2 aliphatic heterocycles. The number of unbranched alkanes of at least 4 members (excludes halogenated alkanes) is 2. The molecule has 104 valence electrons. The average Bonchev–Trinajstić information content (AvgIpc) is 2.96. The Kier molecular flexibility index (Phi) is 5.01. The molecular formula is C14H26N2O2. The summed E-state index contributed by atoms with van der Waals surface area (Å²) in [5, 5.41) is 9.15. The fourth-order valence-corrected chi connectivity index (χ4v) is 3.14. The number of hydrogen-bond acceptors (Lipinski definition) is 3. The molecule has 0 spiro atoms. The van der Waals surface area contributed by atoms with Gasteiger partial charge in [0, 0.05) is 44.6 Å². The van der Waals surface area contributed by atoms with Gasteiger partial charge in [-0.15, -0.1) is 0 Å². The van der Waals surface area contributed by atoms with Crippen molar-refractivity contribution in [3.05, 3.63) is 0 Å². The molecule has 2 rings (SSSR count). The summed E-state index contributed by atoms with van der Waals surface area (Å²) in [7, 11) is 0. The molecule has 0 aromatic rings. The van der Waals surface area contributed by atoms with Crippen LogP contribution in [0.2, 0.25) is 0 Å². The molecule has 0 saturated carbocycles. The first-order valence-corrected chi connectivity index (χ1v) is 7.37. The van der Waals surface area contributed by atoms with Crippen LogP contribution in [0.25, 0.3) is 0 Å². The summed E-state index contributed by atoms with van der Waals surface area (Å²) in [6, 6.07) is 0.399. The maximum absolute atomic E-state index is 11.9. The SMILES string of the molecule is CCCCCN1CCC(N2CC(CO)CC2=O)C1. The van der Waals surface area contributed by atoms with Gasteiger partial charge in [0.25, 0.3) is 0 Å². The van der Waals surface area contributed by atoms with E-state index in [9.17, 15) is 4.79 Å². The summed E-state index contributed by atoms with van der Waals surface area (Å²) in [6.07, 6.45) is 5.49. The van der Waals surface area contributed by atoms with Gasteiger partial charge in [-0.1, -0.05) is 19.8 Å². The van der Waals surface area contributed by atoms with E-state index < -0.39 is 0 Å². The molecule has 18 heavy (non-hydrogen) atoms. The molecule has 4 heteroatoms. The molecule has 2 aliphatic rings. The molecule has 1 amide bonds. The largest absolute Gasteiger partial charge is 0.396 e. The van der Waals surface area contributed by atoms with Crippen molar-refractivity contribution in [1.82, 2.24) is 9.80 Å². The van der Waals surface area contributed by atoms with Crippen LogP contribution in [0.4, 0.5) is 0 Å². The van der Waals surface area contributed by atoms with Gasteiger partial charge in [0.1, 0.15) is 0 Å². The molecule has 0 bridgehead atoms. The van der Waals surface area contributed by atoms with Crippen molar-refractivity contribution in [2.75, 3.05) is 32.8 Å². The van der Waals surface area contributed by atoms with Crippen molar-refractivity contribution >= 4 is 5.91 Å². The van der Waals surface area contributed by atoms with Crippen LogP contribution in [0.15, 0.2) is 0 Å². The quantitative estimate of drug-likeness (QED) is 0.722. The summed E-state index contributed by atoms with van der Waals surface area (Å²) < 4.78 is 0. The Labute approximate surface area is 110 Å². The first-order chi connectivity index (χ1) is 8.74. The number of carbonyl (C=O) groups excluding carboxylic acids is 1. The van der Waals surface area contributed by atoms with Crippen LogP contribution >= 0.6 is 0 Å². The van der Waals surface area contributed by atoms with Crippen molar-refractivity contribution in [3.8, 4) is 0 Å². The third kappa shape index (κ3) is 3.23. The highest BCUT2D eigenvalue weighted by atomic mass is 16.3. The number of nitrogens with zero attached hydrogens (tertiary/aromatic N) is 2. The molecule has 2 unspecified atom stereocenters. The van der Waals surface area contributed by atoms with Crippen molar-refractivity contribution < 1.29 is 9.90 Å². The Balaban J connectivity index is 1.76.